The molecule has 0 saturated heterocycles. The summed E-state index contributed by atoms with van der Waals surface area (Å²) >= 11 is 0. The van der Waals surface area contributed by atoms with Crippen molar-refractivity contribution in [1.29, 1.82) is 0 Å². The SMILES string of the molecule is CCC(CNC(=O)c1ccc(CN)cc1)Oc1cccc(C)c1.Cl. The van der Waals surface area contributed by atoms with E-state index in [4.69, 9.17) is 10.5 Å². The first-order valence-corrected chi connectivity index (χ1v) is 7.93. The second-order valence-electron chi connectivity index (χ2n) is 5.58. The summed E-state index contributed by atoms with van der Waals surface area (Å²) < 4.78 is 5.94. The van der Waals surface area contributed by atoms with Crippen LogP contribution in [0.25, 0.3) is 0 Å². The number of aryl methyl sites for hydroxylation is 1. The largest absolute Gasteiger partial charge is 0.489 e. The van der Waals surface area contributed by atoms with Gasteiger partial charge in [0.15, 0.2) is 0 Å². The molecule has 0 fully saturated rings. The molecule has 0 aromatic heterocycles. The van der Waals surface area contributed by atoms with Crippen molar-refractivity contribution in [3.8, 4) is 5.75 Å². The average molecular weight is 349 g/mol. The van der Waals surface area contributed by atoms with Gasteiger partial charge in [0.1, 0.15) is 11.9 Å². The van der Waals surface area contributed by atoms with E-state index in [1.807, 2.05) is 50.2 Å². The molecule has 0 aliphatic carbocycles. The zero-order valence-electron chi connectivity index (χ0n) is 14.1. The lowest BCUT2D eigenvalue weighted by molar-refractivity contribution is 0.0926. The van der Waals surface area contributed by atoms with Gasteiger partial charge in [-0.2, -0.15) is 0 Å². The second-order valence-corrected chi connectivity index (χ2v) is 5.58. The molecule has 0 aliphatic heterocycles. The minimum absolute atomic E-state index is 0. The summed E-state index contributed by atoms with van der Waals surface area (Å²) in [6, 6.07) is 15.2. The Balaban J connectivity index is 0.00000288. The molecule has 0 aliphatic rings. The fourth-order valence-electron chi connectivity index (χ4n) is 2.25. The minimum Gasteiger partial charge on any atom is -0.489 e. The Morgan fingerprint density at radius 1 is 1.21 bits per heavy atom. The zero-order valence-corrected chi connectivity index (χ0v) is 14.9. The molecule has 5 heteroatoms. The summed E-state index contributed by atoms with van der Waals surface area (Å²) in [7, 11) is 0. The van der Waals surface area contributed by atoms with Crippen molar-refractivity contribution in [3.05, 3.63) is 65.2 Å². The van der Waals surface area contributed by atoms with Crippen molar-refractivity contribution in [2.24, 2.45) is 5.73 Å². The molecule has 4 nitrogen and oxygen atoms in total. The summed E-state index contributed by atoms with van der Waals surface area (Å²) in [5, 5.41) is 2.93. The third kappa shape index (κ3) is 5.87. The van der Waals surface area contributed by atoms with Gasteiger partial charge in [0.25, 0.3) is 5.91 Å². The van der Waals surface area contributed by atoms with Crippen molar-refractivity contribution < 1.29 is 9.53 Å². The van der Waals surface area contributed by atoms with Gasteiger partial charge in [0, 0.05) is 12.1 Å². The standard InChI is InChI=1S/C19H24N2O2.ClH/c1-3-17(23-18-6-4-5-14(2)11-18)13-21-19(22)16-9-7-15(12-20)8-10-16;/h4-11,17H,3,12-13,20H2,1-2H3,(H,21,22);1H. The maximum Gasteiger partial charge on any atom is 0.251 e. The third-order valence-corrected chi connectivity index (χ3v) is 3.69. The number of nitrogens with two attached hydrogens (primary N) is 1. The van der Waals surface area contributed by atoms with Crippen LogP contribution in [0.4, 0.5) is 0 Å². The van der Waals surface area contributed by atoms with Crippen molar-refractivity contribution in [2.45, 2.75) is 32.9 Å². The number of nitrogens with one attached hydrogen (secondary N) is 1. The molecule has 0 bridgehead atoms. The van der Waals surface area contributed by atoms with E-state index in [0.29, 0.717) is 18.7 Å². The highest BCUT2D eigenvalue weighted by Gasteiger charge is 2.11. The highest BCUT2D eigenvalue weighted by molar-refractivity contribution is 5.94. The minimum atomic E-state index is -0.0973. The molecule has 1 atom stereocenters. The molecule has 130 valence electrons. The molecule has 1 amide bonds. The molecule has 3 N–H and O–H groups in total. The third-order valence-electron chi connectivity index (χ3n) is 3.69. The molecule has 24 heavy (non-hydrogen) atoms. The second kappa shape index (κ2) is 9.96. The number of ether oxygens (including phenoxy) is 1. The van der Waals surface area contributed by atoms with Crippen molar-refractivity contribution >= 4 is 18.3 Å². The summed E-state index contributed by atoms with van der Waals surface area (Å²) in [4.78, 5) is 12.2. The molecule has 2 aromatic carbocycles. The van der Waals surface area contributed by atoms with E-state index in [1.54, 1.807) is 12.1 Å². The number of hydrogen-bond acceptors (Lipinski definition) is 3. The number of amides is 1. The number of carbonyl (C=O) groups is 1. The van der Waals surface area contributed by atoms with Crippen LogP contribution in [0, 0.1) is 6.92 Å². The van der Waals surface area contributed by atoms with Gasteiger partial charge in [-0.3, -0.25) is 4.79 Å². The van der Waals surface area contributed by atoms with E-state index in [-0.39, 0.29) is 24.4 Å². The molecule has 0 radical (unpaired) electrons. The predicted octanol–water partition coefficient (Wildman–Crippen LogP) is 3.46. The van der Waals surface area contributed by atoms with Crippen molar-refractivity contribution in [1.82, 2.24) is 5.32 Å². The Morgan fingerprint density at radius 3 is 2.50 bits per heavy atom. The highest BCUT2D eigenvalue weighted by Crippen LogP contribution is 2.15. The molecule has 2 rings (SSSR count). The quantitative estimate of drug-likeness (QED) is 0.805. The molecule has 0 saturated carbocycles. The van der Waals surface area contributed by atoms with Gasteiger partial charge in [-0.1, -0.05) is 31.2 Å². The van der Waals surface area contributed by atoms with Crippen LogP contribution in [-0.4, -0.2) is 18.6 Å². The van der Waals surface area contributed by atoms with Crippen LogP contribution in [0.1, 0.15) is 34.8 Å². The van der Waals surface area contributed by atoms with E-state index in [0.717, 1.165) is 23.3 Å². The number of halogens is 1. The normalized spacial score (nSPS) is 11.3. The molecule has 2 aromatic rings. The van der Waals surface area contributed by atoms with Crippen LogP contribution < -0.4 is 15.8 Å². The fourth-order valence-corrected chi connectivity index (χ4v) is 2.25. The van der Waals surface area contributed by atoms with Gasteiger partial charge in [0.2, 0.25) is 0 Å². The highest BCUT2D eigenvalue weighted by atomic mass is 35.5. The van der Waals surface area contributed by atoms with Gasteiger partial charge < -0.3 is 15.8 Å². The topological polar surface area (TPSA) is 64.4 Å². The van der Waals surface area contributed by atoms with Crippen LogP contribution in [0.15, 0.2) is 48.5 Å². The van der Waals surface area contributed by atoms with E-state index in [1.165, 1.54) is 0 Å². The van der Waals surface area contributed by atoms with Gasteiger partial charge >= 0.3 is 0 Å². The Morgan fingerprint density at radius 2 is 1.92 bits per heavy atom. The number of benzene rings is 2. The van der Waals surface area contributed by atoms with Crippen molar-refractivity contribution in [3.63, 3.8) is 0 Å². The lowest BCUT2D eigenvalue weighted by Gasteiger charge is -2.18. The fraction of sp³-hybridized carbons (Fsp3) is 0.316. The van der Waals surface area contributed by atoms with Gasteiger partial charge in [-0.25, -0.2) is 0 Å². The molecular weight excluding hydrogens is 324 g/mol. The smallest absolute Gasteiger partial charge is 0.251 e. The van der Waals surface area contributed by atoms with Crippen molar-refractivity contribution in [2.75, 3.05) is 6.54 Å². The van der Waals surface area contributed by atoms with E-state index in [2.05, 4.69) is 5.32 Å². The molecule has 0 heterocycles. The van der Waals surface area contributed by atoms with E-state index >= 15 is 0 Å². The maximum atomic E-state index is 12.2. The maximum absolute atomic E-state index is 12.2. The summed E-state index contributed by atoms with van der Waals surface area (Å²) in [5.41, 5.74) is 8.36. The Bertz CT molecular complexity index is 644. The first-order chi connectivity index (χ1) is 11.1. The number of hydrogen-bond donors (Lipinski definition) is 2. The molecular formula is C19H25ClN2O2. The Labute approximate surface area is 149 Å². The number of carbonyl (C=O) groups excluding carboxylic acids is 1. The van der Waals surface area contributed by atoms with Gasteiger partial charge in [0.05, 0.1) is 6.54 Å². The average Bonchev–Trinajstić information content (AvgIpc) is 2.58. The van der Waals surface area contributed by atoms with E-state index in [9.17, 15) is 4.79 Å². The van der Waals surface area contributed by atoms with Crippen LogP contribution in [0.3, 0.4) is 0 Å². The van der Waals surface area contributed by atoms with Crippen LogP contribution in [0.5, 0.6) is 5.75 Å². The first-order valence-electron chi connectivity index (χ1n) is 7.93. The first kappa shape index (κ1) is 20.0. The summed E-state index contributed by atoms with van der Waals surface area (Å²) in [6.07, 6.45) is 0.768. The predicted molar refractivity (Wildman–Crippen MR) is 99.8 cm³/mol. The Hall–Kier alpha value is -2.04. The van der Waals surface area contributed by atoms with E-state index < -0.39 is 0 Å². The van der Waals surface area contributed by atoms with Crippen LogP contribution in [-0.2, 0) is 6.54 Å². The number of rotatable bonds is 7. The summed E-state index contributed by atoms with van der Waals surface area (Å²) in [5.74, 6) is 0.735. The zero-order chi connectivity index (χ0) is 16.7. The lowest BCUT2D eigenvalue weighted by atomic mass is 10.1. The Kier molecular flexibility index (Phi) is 8.30. The van der Waals surface area contributed by atoms with Gasteiger partial charge in [-0.15, -0.1) is 12.4 Å². The van der Waals surface area contributed by atoms with Gasteiger partial charge in [-0.05, 0) is 48.7 Å². The monoisotopic (exact) mass is 348 g/mol. The van der Waals surface area contributed by atoms with Crippen LogP contribution in [0.2, 0.25) is 0 Å². The molecule has 0 spiro atoms. The molecule has 1 unspecified atom stereocenters. The summed E-state index contributed by atoms with van der Waals surface area (Å²) in [6.45, 7) is 5.02. The lowest BCUT2D eigenvalue weighted by Crippen LogP contribution is -2.35. The van der Waals surface area contributed by atoms with Crippen LogP contribution >= 0.6 is 12.4 Å².